The van der Waals surface area contributed by atoms with Crippen molar-refractivity contribution in [1.29, 1.82) is 0 Å². The van der Waals surface area contributed by atoms with Gasteiger partial charge in [-0.3, -0.25) is 9.59 Å². The third-order valence-corrected chi connectivity index (χ3v) is 6.52. The van der Waals surface area contributed by atoms with Crippen LogP contribution in [0.5, 0.6) is 0 Å². The lowest BCUT2D eigenvalue weighted by atomic mass is 10.0. The number of rotatable bonds is 5. The Balaban J connectivity index is 1.58. The Labute approximate surface area is 147 Å². The first-order valence-corrected chi connectivity index (χ1v) is 10.4. The summed E-state index contributed by atoms with van der Waals surface area (Å²) in [5.74, 6) is 2.66. The standard InChI is InChI=1S/C16H18N2O2S3/c19-14(17-10-11-3-7-21-8-4-11)12-5-9-23-16(12)18-15(20)13-2-1-6-22-13/h1-2,5-6,9,11H,3-4,7-8,10H2,(H,17,19)(H,18,20). The molecule has 0 unspecified atom stereocenters. The van der Waals surface area contributed by atoms with E-state index in [1.165, 1.54) is 34.2 Å². The summed E-state index contributed by atoms with van der Waals surface area (Å²) in [6, 6.07) is 5.37. The van der Waals surface area contributed by atoms with E-state index in [0.717, 1.165) is 12.8 Å². The van der Waals surface area contributed by atoms with Crippen molar-refractivity contribution in [1.82, 2.24) is 5.32 Å². The lowest BCUT2D eigenvalue weighted by Gasteiger charge is -2.21. The Morgan fingerprint density at radius 1 is 1.09 bits per heavy atom. The van der Waals surface area contributed by atoms with Gasteiger partial charge in [0, 0.05) is 6.54 Å². The van der Waals surface area contributed by atoms with E-state index in [1.807, 2.05) is 28.6 Å². The van der Waals surface area contributed by atoms with Crippen molar-refractivity contribution in [2.75, 3.05) is 23.4 Å². The molecule has 0 spiro atoms. The molecule has 1 aliphatic rings. The van der Waals surface area contributed by atoms with Crippen molar-refractivity contribution in [2.24, 2.45) is 5.92 Å². The highest BCUT2D eigenvalue weighted by Crippen LogP contribution is 2.25. The molecule has 4 nitrogen and oxygen atoms in total. The molecule has 0 saturated carbocycles. The maximum atomic E-state index is 12.4. The van der Waals surface area contributed by atoms with Gasteiger partial charge in [0.2, 0.25) is 0 Å². The molecule has 1 fully saturated rings. The van der Waals surface area contributed by atoms with Crippen LogP contribution in [0, 0.1) is 5.92 Å². The van der Waals surface area contributed by atoms with Gasteiger partial charge < -0.3 is 10.6 Å². The molecule has 2 aromatic rings. The van der Waals surface area contributed by atoms with Crippen LogP contribution in [0.4, 0.5) is 5.00 Å². The molecule has 2 aromatic heterocycles. The van der Waals surface area contributed by atoms with Crippen LogP contribution in [0.1, 0.15) is 32.9 Å². The number of thioether (sulfide) groups is 1. The van der Waals surface area contributed by atoms with Gasteiger partial charge in [-0.2, -0.15) is 11.8 Å². The van der Waals surface area contributed by atoms with Gasteiger partial charge in [-0.25, -0.2) is 0 Å². The molecular weight excluding hydrogens is 348 g/mol. The molecule has 23 heavy (non-hydrogen) atoms. The summed E-state index contributed by atoms with van der Waals surface area (Å²) in [5.41, 5.74) is 0.546. The zero-order valence-corrected chi connectivity index (χ0v) is 15.0. The summed E-state index contributed by atoms with van der Waals surface area (Å²) in [5, 5.41) is 10.2. The van der Waals surface area contributed by atoms with Crippen molar-refractivity contribution < 1.29 is 9.59 Å². The zero-order chi connectivity index (χ0) is 16.1. The molecule has 0 bridgehead atoms. The van der Waals surface area contributed by atoms with Crippen molar-refractivity contribution in [3.8, 4) is 0 Å². The predicted octanol–water partition coefficient (Wildman–Crippen LogP) is 3.93. The summed E-state index contributed by atoms with van der Waals surface area (Å²) in [4.78, 5) is 25.1. The van der Waals surface area contributed by atoms with E-state index in [2.05, 4.69) is 10.6 Å². The van der Waals surface area contributed by atoms with Crippen LogP contribution in [-0.4, -0.2) is 29.9 Å². The summed E-state index contributed by atoms with van der Waals surface area (Å²) in [6.45, 7) is 0.716. The van der Waals surface area contributed by atoms with Crippen molar-refractivity contribution in [3.05, 3.63) is 39.4 Å². The molecule has 2 amide bonds. The molecule has 3 rings (SSSR count). The Hall–Kier alpha value is -1.31. The number of hydrogen-bond acceptors (Lipinski definition) is 5. The van der Waals surface area contributed by atoms with E-state index in [4.69, 9.17) is 0 Å². The maximum absolute atomic E-state index is 12.4. The molecule has 0 atom stereocenters. The summed E-state index contributed by atoms with van der Waals surface area (Å²) >= 11 is 4.74. The fourth-order valence-electron chi connectivity index (χ4n) is 2.44. The number of carbonyl (C=O) groups is 2. The zero-order valence-electron chi connectivity index (χ0n) is 12.5. The minimum atomic E-state index is -0.166. The molecule has 1 saturated heterocycles. The highest BCUT2D eigenvalue weighted by atomic mass is 32.2. The second kappa shape index (κ2) is 7.99. The van der Waals surface area contributed by atoms with Gasteiger partial charge in [0.05, 0.1) is 10.4 Å². The highest BCUT2D eigenvalue weighted by Gasteiger charge is 2.18. The maximum Gasteiger partial charge on any atom is 0.266 e. The van der Waals surface area contributed by atoms with Crippen LogP contribution in [0.2, 0.25) is 0 Å². The number of hydrogen-bond donors (Lipinski definition) is 2. The van der Waals surface area contributed by atoms with Crippen LogP contribution in [0.25, 0.3) is 0 Å². The molecular formula is C16H18N2O2S3. The van der Waals surface area contributed by atoms with Gasteiger partial charge in [0.1, 0.15) is 5.00 Å². The lowest BCUT2D eigenvalue weighted by Crippen LogP contribution is -2.31. The van der Waals surface area contributed by atoms with E-state index >= 15 is 0 Å². The fourth-order valence-corrected chi connectivity index (χ4v) is 5.04. The average Bonchev–Trinajstić information content (AvgIpc) is 3.25. The van der Waals surface area contributed by atoms with Gasteiger partial charge >= 0.3 is 0 Å². The molecule has 122 valence electrons. The molecule has 0 radical (unpaired) electrons. The monoisotopic (exact) mass is 366 g/mol. The van der Waals surface area contributed by atoms with E-state index in [9.17, 15) is 9.59 Å². The summed E-state index contributed by atoms with van der Waals surface area (Å²) < 4.78 is 0. The van der Waals surface area contributed by atoms with Crippen LogP contribution < -0.4 is 10.6 Å². The first-order valence-electron chi connectivity index (χ1n) is 7.52. The van der Waals surface area contributed by atoms with E-state index in [-0.39, 0.29) is 11.8 Å². The Morgan fingerprint density at radius 3 is 2.65 bits per heavy atom. The number of thiophene rings is 2. The number of amides is 2. The van der Waals surface area contributed by atoms with Crippen LogP contribution >= 0.6 is 34.4 Å². The van der Waals surface area contributed by atoms with Gasteiger partial charge in [0.15, 0.2) is 0 Å². The van der Waals surface area contributed by atoms with E-state index in [1.54, 1.807) is 12.1 Å². The lowest BCUT2D eigenvalue weighted by molar-refractivity contribution is 0.0947. The average molecular weight is 367 g/mol. The number of nitrogens with one attached hydrogen (secondary N) is 2. The largest absolute Gasteiger partial charge is 0.352 e. The third-order valence-electron chi connectivity index (χ3n) is 3.77. The second-order valence-electron chi connectivity index (χ2n) is 5.36. The molecule has 3 heterocycles. The molecule has 7 heteroatoms. The fraction of sp³-hybridized carbons (Fsp3) is 0.375. The van der Waals surface area contributed by atoms with Crippen molar-refractivity contribution >= 4 is 51.3 Å². The highest BCUT2D eigenvalue weighted by molar-refractivity contribution is 7.99. The van der Waals surface area contributed by atoms with E-state index in [0.29, 0.717) is 27.9 Å². The molecule has 1 aliphatic heterocycles. The smallest absolute Gasteiger partial charge is 0.266 e. The van der Waals surface area contributed by atoms with Crippen molar-refractivity contribution in [2.45, 2.75) is 12.8 Å². The van der Waals surface area contributed by atoms with Gasteiger partial charge in [-0.1, -0.05) is 6.07 Å². The Kier molecular flexibility index (Phi) is 5.75. The third kappa shape index (κ3) is 4.37. The summed E-state index contributed by atoms with van der Waals surface area (Å²) in [6.07, 6.45) is 2.33. The topological polar surface area (TPSA) is 58.2 Å². The summed E-state index contributed by atoms with van der Waals surface area (Å²) in [7, 11) is 0. The van der Waals surface area contributed by atoms with Crippen LogP contribution in [0.3, 0.4) is 0 Å². The number of anilines is 1. The quantitative estimate of drug-likeness (QED) is 0.843. The van der Waals surface area contributed by atoms with Crippen LogP contribution in [0.15, 0.2) is 29.0 Å². The SMILES string of the molecule is O=C(Nc1sccc1C(=O)NCC1CCSCC1)c1cccs1. The molecule has 2 N–H and O–H groups in total. The van der Waals surface area contributed by atoms with Gasteiger partial charge in [-0.15, -0.1) is 22.7 Å². The van der Waals surface area contributed by atoms with Crippen molar-refractivity contribution in [3.63, 3.8) is 0 Å². The number of carbonyl (C=O) groups excluding carboxylic acids is 2. The predicted molar refractivity (Wildman–Crippen MR) is 99.0 cm³/mol. The molecule has 0 aromatic carbocycles. The Bertz CT molecular complexity index is 661. The van der Waals surface area contributed by atoms with Gasteiger partial charge in [0.25, 0.3) is 11.8 Å². The van der Waals surface area contributed by atoms with E-state index < -0.39 is 0 Å². The Morgan fingerprint density at radius 2 is 1.91 bits per heavy atom. The minimum absolute atomic E-state index is 0.106. The minimum Gasteiger partial charge on any atom is -0.352 e. The normalized spacial score (nSPS) is 15.3. The second-order valence-corrected chi connectivity index (χ2v) is 8.45. The first kappa shape index (κ1) is 16.5. The first-order chi connectivity index (χ1) is 11.2. The van der Waals surface area contributed by atoms with Gasteiger partial charge in [-0.05, 0) is 53.2 Å². The molecule has 0 aliphatic carbocycles. The van der Waals surface area contributed by atoms with Crippen LogP contribution in [-0.2, 0) is 0 Å².